The monoisotopic (exact) mass is 412 g/mol. The van der Waals surface area contributed by atoms with Crippen LogP contribution in [0.3, 0.4) is 0 Å². The van der Waals surface area contributed by atoms with E-state index in [-0.39, 0.29) is 32.9 Å². The topological polar surface area (TPSA) is 87.8 Å². The molecule has 0 unspecified atom stereocenters. The quantitative estimate of drug-likeness (QED) is 0.754. The number of carbonyl (C=O) groups is 1. The molecule has 0 bridgehead atoms. The number of nitrogens with zero attached hydrogens (tertiary/aromatic N) is 3. The Bertz CT molecular complexity index is 964. The molecule has 0 atom stereocenters. The molecule has 6 nitrogen and oxygen atoms in total. The van der Waals surface area contributed by atoms with Crippen molar-refractivity contribution < 1.29 is 4.79 Å². The van der Waals surface area contributed by atoms with Crippen LogP contribution >= 0.6 is 34.8 Å². The van der Waals surface area contributed by atoms with Gasteiger partial charge in [0.2, 0.25) is 5.91 Å². The molecule has 0 saturated heterocycles. The van der Waals surface area contributed by atoms with E-state index in [0.717, 1.165) is 4.68 Å². The molecule has 2 rings (SSSR count). The number of aromatic nitrogens is 2. The van der Waals surface area contributed by atoms with Gasteiger partial charge in [-0.25, -0.2) is 4.68 Å². The molecule has 1 N–H and O–H groups in total. The van der Waals surface area contributed by atoms with Crippen LogP contribution in [-0.2, 0) is 24.2 Å². The van der Waals surface area contributed by atoms with Gasteiger partial charge in [0.1, 0.15) is 18.2 Å². The second kappa shape index (κ2) is 8.54. The van der Waals surface area contributed by atoms with Crippen molar-refractivity contribution in [1.29, 1.82) is 5.26 Å². The predicted molar refractivity (Wildman–Crippen MR) is 102 cm³/mol. The summed E-state index contributed by atoms with van der Waals surface area (Å²) in [5.74, 6) is -0.532. The molecular formula is C17H15Cl3N4O2. The molecule has 0 spiro atoms. The smallest absolute Gasteiger partial charge is 0.285 e. The Morgan fingerprint density at radius 1 is 1.19 bits per heavy atom. The third-order valence-electron chi connectivity index (χ3n) is 3.72. The first-order valence-electron chi connectivity index (χ1n) is 7.79. The van der Waals surface area contributed by atoms with Gasteiger partial charge in [0.05, 0.1) is 26.4 Å². The van der Waals surface area contributed by atoms with Crippen molar-refractivity contribution in [3.63, 3.8) is 0 Å². The van der Waals surface area contributed by atoms with E-state index in [0.29, 0.717) is 24.1 Å². The fourth-order valence-electron chi connectivity index (χ4n) is 2.49. The predicted octanol–water partition coefficient (Wildman–Crippen LogP) is 3.84. The van der Waals surface area contributed by atoms with Gasteiger partial charge >= 0.3 is 0 Å². The number of nitriles is 1. The van der Waals surface area contributed by atoms with Gasteiger partial charge in [-0.05, 0) is 30.5 Å². The van der Waals surface area contributed by atoms with Gasteiger partial charge in [0.15, 0.2) is 0 Å². The average Bonchev–Trinajstić information content (AvgIpc) is 2.60. The molecule has 1 aromatic heterocycles. The van der Waals surface area contributed by atoms with Crippen molar-refractivity contribution in [1.82, 2.24) is 9.78 Å². The van der Waals surface area contributed by atoms with Gasteiger partial charge in [-0.1, -0.05) is 48.7 Å². The standard InChI is InChI=1S/C17H15Cl3N4O2/c1-3-9-10(7-21)17(26)24(23-14(9)4-2)8-16(25)22-15-6-12(19)11(18)5-13(15)20/h5-6H,3-4,8H2,1-2H3,(H,22,25). The van der Waals surface area contributed by atoms with E-state index in [4.69, 9.17) is 34.8 Å². The summed E-state index contributed by atoms with van der Waals surface area (Å²) in [7, 11) is 0. The molecule has 0 radical (unpaired) electrons. The number of halogens is 3. The fraction of sp³-hybridized carbons (Fsp3) is 0.294. The number of nitrogens with one attached hydrogen (secondary N) is 1. The highest BCUT2D eigenvalue weighted by Crippen LogP contribution is 2.32. The van der Waals surface area contributed by atoms with E-state index in [1.165, 1.54) is 12.1 Å². The Morgan fingerprint density at radius 3 is 2.42 bits per heavy atom. The fourth-order valence-corrected chi connectivity index (χ4v) is 3.08. The largest absolute Gasteiger partial charge is 0.323 e. The molecule has 136 valence electrons. The molecule has 9 heteroatoms. The van der Waals surface area contributed by atoms with Crippen molar-refractivity contribution in [3.05, 3.63) is 54.4 Å². The summed E-state index contributed by atoms with van der Waals surface area (Å²) in [5, 5.41) is 16.8. The number of hydrogen-bond acceptors (Lipinski definition) is 4. The van der Waals surface area contributed by atoms with Crippen LogP contribution in [0.5, 0.6) is 0 Å². The maximum Gasteiger partial charge on any atom is 0.285 e. The molecule has 1 amide bonds. The molecule has 0 aliphatic carbocycles. The second-order valence-electron chi connectivity index (χ2n) is 5.38. The Morgan fingerprint density at radius 2 is 1.85 bits per heavy atom. The van der Waals surface area contributed by atoms with Crippen LogP contribution < -0.4 is 10.9 Å². The van der Waals surface area contributed by atoms with Gasteiger partial charge < -0.3 is 5.32 Å². The SMILES string of the molecule is CCc1nn(CC(=O)Nc2cc(Cl)c(Cl)cc2Cl)c(=O)c(C#N)c1CC. The minimum absolute atomic E-state index is 0.0136. The highest BCUT2D eigenvalue weighted by molar-refractivity contribution is 6.44. The van der Waals surface area contributed by atoms with Crippen molar-refractivity contribution in [2.75, 3.05) is 5.32 Å². The summed E-state index contributed by atoms with van der Waals surface area (Å²) in [6.07, 6.45) is 1.05. The highest BCUT2D eigenvalue weighted by Gasteiger charge is 2.17. The van der Waals surface area contributed by atoms with Crippen LogP contribution in [0.15, 0.2) is 16.9 Å². The molecule has 1 heterocycles. The first-order chi connectivity index (χ1) is 12.3. The van der Waals surface area contributed by atoms with Crippen molar-refractivity contribution in [3.8, 4) is 6.07 Å². The summed E-state index contributed by atoms with van der Waals surface area (Å²) >= 11 is 17.8. The molecule has 0 fully saturated rings. The van der Waals surface area contributed by atoms with Crippen molar-refractivity contribution in [2.45, 2.75) is 33.2 Å². The summed E-state index contributed by atoms with van der Waals surface area (Å²) in [4.78, 5) is 24.7. The molecule has 2 aromatic rings. The Balaban J connectivity index is 2.34. The Hall–Kier alpha value is -2.07. The molecule has 0 aliphatic heterocycles. The van der Waals surface area contributed by atoms with E-state index in [9.17, 15) is 14.9 Å². The summed E-state index contributed by atoms with van der Waals surface area (Å²) < 4.78 is 0.983. The van der Waals surface area contributed by atoms with Gasteiger partial charge in [0, 0.05) is 0 Å². The van der Waals surface area contributed by atoms with Crippen LogP contribution in [0.2, 0.25) is 15.1 Å². The minimum atomic E-state index is -0.600. The normalized spacial score (nSPS) is 10.5. The lowest BCUT2D eigenvalue weighted by Crippen LogP contribution is -2.33. The zero-order chi connectivity index (χ0) is 19.4. The Labute approximate surface area is 165 Å². The first-order valence-corrected chi connectivity index (χ1v) is 8.93. The van der Waals surface area contributed by atoms with Crippen molar-refractivity contribution in [2.24, 2.45) is 0 Å². The second-order valence-corrected chi connectivity index (χ2v) is 6.60. The number of rotatable bonds is 5. The van der Waals surface area contributed by atoms with Gasteiger partial charge in [-0.2, -0.15) is 10.4 Å². The summed E-state index contributed by atoms with van der Waals surface area (Å²) in [5.41, 5.74) is 0.908. The number of amides is 1. The number of carbonyl (C=O) groups excluding carboxylic acids is 1. The van der Waals surface area contributed by atoms with Crippen LogP contribution in [0, 0.1) is 11.3 Å². The molecule has 1 aromatic carbocycles. The van der Waals surface area contributed by atoms with Gasteiger partial charge in [0.25, 0.3) is 5.56 Å². The number of aryl methyl sites for hydroxylation is 1. The van der Waals surface area contributed by atoms with E-state index < -0.39 is 11.5 Å². The maximum absolute atomic E-state index is 12.4. The average molecular weight is 414 g/mol. The van der Waals surface area contributed by atoms with E-state index >= 15 is 0 Å². The lowest BCUT2D eigenvalue weighted by molar-refractivity contribution is -0.117. The lowest BCUT2D eigenvalue weighted by atomic mass is 10.0. The summed E-state index contributed by atoms with van der Waals surface area (Å²) in [6.45, 7) is 3.36. The van der Waals surface area contributed by atoms with Crippen LogP contribution in [0.25, 0.3) is 0 Å². The first kappa shape index (κ1) is 20.2. The van der Waals surface area contributed by atoms with Crippen molar-refractivity contribution >= 4 is 46.4 Å². The maximum atomic E-state index is 12.4. The number of anilines is 1. The van der Waals surface area contributed by atoms with Crippen LogP contribution in [-0.4, -0.2) is 15.7 Å². The van der Waals surface area contributed by atoms with E-state index in [2.05, 4.69) is 10.4 Å². The molecule has 26 heavy (non-hydrogen) atoms. The zero-order valence-corrected chi connectivity index (χ0v) is 16.3. The molecule has 0 saturated carbocycles. The third-order valence-corrected chi connectivity index (χ3v) is 4.75. The Kier molecular flexibility index (Phi) is 6.65. The third kappa shape index (κ3) is 4.18. The zero-order valence-electron chi connectivity index (χ0n) is 14.1. The molecule has 0 aliphatic rings. The highest BCUT2D eigenvalue weighted by atomic mass is 35.5. The molecular weight excluding hydrogens is 399 g/mol. The number of benzene rings is 1. The summed E-state index contributed by atoms with van der Waals surface area (Å²) in [6, 6.07) is 4.74. The van der Waals surface area contributed by atoms with Crippen LogP contribution in [0.4, 0.5) is 5.69 Å². The van der Waals surface area contributed by atoms with Gasteiger partial charge in [-0.15, -0.1) is 0 Å². The lowest BCUT2D eigenvalue weighted by Gasteiger charge is -2.13. The van der Waals surface area contributed by atoms with Gasteiger partial charge in [-0.3, -0.25) is 9.59 Å². The van der Waals surface area contributed by atoms with E-state index in [1.807, 2.05) is 19.9 Å². The van der Waals surface area contributed by atoms with E-state index in [1.54, 1.807) is 0 Å². The minimum Gasteiger partial charge on any atom is -0.323 e. The number of hydrogen-bond donors (Lipinski definition) is 1. The van der Waals surface area contributed by atoms with Crippen LogP contribution in [0.1, 0.15) is 30.7 Å².